The Labute approximate surface area is 122 Å². The van der Waals surface area contributed by atoms with E-state index in [4.69, 9.17) is 0 Å². The van der Waals surface area contributed by atoms with Gasteiger partial charge < -0.3 is 9.32 Å². The number of aromatic nitrogens is 1. The standard InChI is InChI=1S/C13H13F5N2O2/c14-11(15)8-9(22-5-19-8)12(21)20-7-3-1-6(2-4-7)10(20)13(16,17)18/h5-7,10-11H,1-4H2. The molecule has 1 amide bonds. The molecule has 2 aliphatic heterocycles. The highest BCUT2D eigenvalue weighted by molar-refractivity contribution is 5.93. The molecule has 3 aliphatic rings. The zero-order valence-electron chi connectivity index (χ0n) is 11.3. The molecule has 3 heterocycles. The number of carbonyl (C=O) groups is 1. The van der Waals surface area contributed by atoms with Crippen molar-refractivity contribution in [3.63, 3.8) is 0 Å². The first-order valence-corrected chi connectivity index (χ1v) is 6.91. The molecule has 9 heteroatoms. The minimum atomic E-state index is -4.59. The van der Waals surface area contributed by atoms with Gasteiger partial charge in [0.2, 0.25) is 5.76 Å². The Morgan fingerprint density at radius 3 is 2.45 bits per heavy atom. The van der Waals surface area contributed by atoms with Crippen LogP contribution in [-0.4, -0.2) is 34.1 Å². The van der Waals surface area contributed by atoms with E-state index in [0.717, 1.165) is 0 Å². The van der Waals surface area contributed by atoms with E-state index in [1.54, 1.807) is 0 Å². The zero-order valence-corrected chi connectivity index (χ0v) is 11.3. The summed E-state index contributed by atoms with van der Waals surface area (Å²) in [5.41, 5.74) is -0.910. The van der Waals surface area contributed by atoms with Crippen molar-refractivity contribution in [3.8, 4) is 0 Å². The number of nitrogens with zero attached hydrogens (tertiary/aromatic N) is 2. The van der Waals surface area contributed by atoms with Gasteiger partial charge in [0.05, 0.1) is 0 Å². The third-order valence-corrected chi connectivity index (χ3v) is 4.45. The fourth-order valence-corrected chi connectivity index (χ4v) is 3.55. The number of amides is 1. The summed E-state index contributed by atoms with van der Waals surface area (Å²) in [6, 6.07) is -2.54. The summed E-state index contributed by atoms with van der Waals surface area (Å²) in [6.45, 7) is 0. The van der Waals surface area contributed by atoms with Crippen LogP contribution in [0.3, 0.4) is 0 Å². The van der Waals surface area contributed by atoms with Gasteiger partial charge in [-0.3, -0.25) is 4.79 Å². The van der Waals surface area contributed by atoms with Gasteiger partial charge in [-0.15, -0.1) is 0 Å². The maximum Gasteiger partial charge on any atom is 0.409 e. The lowest BCUT2D eigenvalue weighted by atomic mass is 9.74. The van der Waals surface area contributed by atoms with Crippen LogP contribution in [0.4, 0.5) is 22.0 Å². The van der Waals surface area contributed by atoms with Crippen molar-refractivity contribution in [3.05, 3.63) is 17.8 Å². The van der Waals surface area contributed by atoms with Gasteiger partial charge in [-0.1, -0.05) is 0 Å². The fourth-order valence-electron chi connectivity index (χ4n) is 3.55. The first kappa shape index (κ1) is 15.2. The Hall–Kier alpha value is -1.67. The van der Waals surface area contributed by atoms with Gasteiger partial charge in [0.25, 0.3) is 12.3 Å². The lowest BCUT2D eigenvalue weighted by Gasteiger charge is -2.51. The van der Waals surface area contributed by atoms with Crippen LogP contribution in [0.2, 0.25) is 0 Å². The van der Waals surface area contributed by atoms with Gasteiger partial charge >= 0.3 is 6.18 Å². The summed E-state index contributed by atoms with van der Waals surface area (Å²) >= 11 is 0. The van der Waals surface area contributed by atoms with Crippen molar-refractivity contribution in [2.45, 2.75) is 50.4 Å². The Kier molecular flexibility index (Phi) is 3.60. The Morgan fingerprint density at radius 2 is 1.91 bits per heavy atom. The molecule has 1 aliphatic carbocycles. The lowest BCUT2D eigenvalue weighted by molar-refractivity contribution is -0.214. The third kappa shape index (κ3) is 2.36. The minimum Gasteiger partial charge on any atom is -0.438 e. The molecule has 2 bridgehead atoms. The van der Waals surface area contributed by atoms with Crippen molar-refractivity contribution < 1.29 is 31.2 Å². The molecule has 3 fully saturated rings. The summed E-state index contributed by atoms with van der Waals surface area (Å²) in [4.78, 5) is 16.3. The highest BCUT2D eigenvalue weighted by Gasteiger charge is 2.57. The summed E-state index contributed by atoms with van der Waals surface area (Å²) in [6.07, 6.45) is -5.36. The van der Waals surface area contributed by atoms with Crippen LogP contribution in [0.1, 0.15) is 48.4 Å². The van der Waals surface area contributed by atoms with Crippen molar-refractivity contribution in [1.82, 2.24) is 9.88 Å². The number of carbonyl (C=O) groups excluding carboxylic acids is 1. The maximum atomic E-state index is 13.3. The van der Waals surface area contributed by atoms with Gasteiger partial charge in [0, 0.05) is 6.04 Å². The number of oxazole rings is 1. The predicted octanol–water partition coefficient (Wildman–Crippen LogP) is 3.56. The zero-order chi connectivity index (χ0) is 16.1. The Morgan fingerprint density at radius 1 is 1.27 bits per heavy atom. The maximum absolute atomic E-state index is 13.3. The first-order valence-electron chi connectivity index (χ1n) is 6.91. The van der Waals surface area contributed by atoms with E-state index < -0.39 is 48.0 Å². The van der Waals surface area contributed by atoms with Crippen LogP contribution >= 0.6 is 0 Å². The molecule has 1 aromatic heterocycles. The largest absolute Gasteiger partial charge is 0.438 e. The minimum absolute atomic E-state index is 0.386. The number of halogens is 5. The Bertz CT molecular complexity index is 563. The Balaban J connectivity index is 1.97. The summed E-state index contributed by atoms with van der Waals surface area (Å²) in [5, 5.41) is 0. The van der Waals surface area contributed by atoms with Gasteiger partial charge in [-0.2, -0.15) is 13.2 Å². The van der Waals surface area contributed by atoms with E-state index in [0.29, 0.717) is 37.0 Å². The van der Waals surface area contributed by atoms with E-state index in [-0.39, 0.29) is 0 Å². The molecule has 1 atom stereocenters. The first-order chi connectivity index (χ1) is 10.3. The third-order valence-electron chi connectivity index (χ3n) is 4.45. The van der Waals surface area contributed by atoms with Crippen LogP contribution in [0.25, 0.3) is 0 Å². The van der Waals surface area contributed by atoms with Crippen LogP contribution < -0.4 is 0 Å². The van der Waals surface area contributed by atoms with Gasteiger partial charge in [0.1, 0.15) is 6.04 Å². The molecule has 122 valence electrons. The van der Waals surface area contributed by atoms with Crippen LogP contribution in [0, 0.1) is 5.92 Å². The lowest BCUT2D eigenvalue weighted by Crippen LogP contribution is -2.62. The van der Waals surface area contributed by atoms with Crippen molar-refractivity contribution in [1.29, 1.82) is 0 Å². The molecule has 2 saturated heterocycles. The van der Waals surface area contributed by atoms with Crippen molar-refractivity contribution in [2.24, 2.45) is 5.92 Å². The molecule has 1 saturated carbocycles. The molecule has 0 N–H and O–H groups in total. The monoisotopic (exact) mass is 324 g/mol. The number of fused-ring (bicyclic) bond motifs is 3. The smallest absolute Gasteiger partial charge is 0.409 e. The van der Waals surface area contributed by atoms with E-state index in [9.17, 15) is 26.7 Å². The average Bonchev–Trinajstić information content (AvgIpc) is 2.95. The van der Waals surface area contributed by atoms with Gasteiger partial charge in [-0.05, 0) is 31.6 Å². The van der Waals surface area contributed by atoms with Crippen LogP contribution in [0.5, 0.6) is 0 Å². The number of alkyl halides is 5. The quantitative estimate of drug-likeness (QED) is 0.782. The molecule has 0 aromatic carbocycles. The topological polar surface area (TPSA) is 46.3 Å². The average molecular weight is 324 g/mol. The molecule has 1 unspecified atom stereocenters. The number of hydrogen-bond acceptors (Lipinski definition) is 3. The van der Waals surface area contributed by atoms with Crippen molar-refractivity contribution >= 4 is 5.91 Å². The van der Waals surface area contributed by atoms with Crippen LogP contribution in [-0.2, 0) is 0 Å². The fraction of sp³-hybridized carbons (Fsp3) is 0.692. The normalized spacial score (nSPS) is 28.5. The van der Waals surface area contributed by atoms with Crippen LogP contribution in [0.15, 0.2) is 10.8 Å². The number of piperidine rings is 2. The van der Waals surface area contributed by atoms with Gasteiger partial charge in [0.15, 0.2) is 12.1 Å². The molecular weight excluding hydrogens is 311 g/mol. The second kappa shape index (κ2) is 5.20. The summed E-state index contributed by atoms with van der Waals surface area (Å²) in [7, 11) is 0. The van der Waals surface area contributed by atoms with E-state index in [2.05, 4.69) is 9.40 Å². The second-order valence-corrected chi connectivity index (χ2v) is 5.63. The highest BCUT2D eigenvalue weighted by Crippen LogP contribution is 2.46. The molecule has 4 nitrogen and oxygen atoms in total. The highest BCUT2D eigenvalue weighted by atomic mass is 19.4. The van der Waals surface area contributed by atoms with E-state index >= 15 is 0 Å². The molecule has 1 aromatic rings. The van der Waals surface area contributed by atoms with Crippen molar-refractivity contribution in [2.75, 3.05) is 0 Å². The number of hydrogen-bond donors (Lipinski definition) is 0. The summed E-state index contributed by atoms with van der Waals surface area (Å²) in [5.74, 6) is -2.63. The molecule has 22 heavy (non-hydrogen) atoms. The van der Waals surface area contributed by atoms with E-state index in [1.165, 1.54) is 0 Å². The SMILES string of the molecule is O=C(c1ocnc1C(F)F)N1C2CCC(CC2)C1C(F)(F)F. The van der Waals surface area contributed by atoms with E-state index in [1.807, 2.05) is 0 Å². The molecular formula is C13H13F5N2O2. The predicted molar refractivity (Wildman–Crippen MR) is 63.2 cm³/mol. The van der Waals surface area contributed by atoms with Gasteiger partial charge in [-0.25, -0.2) is 13.8 Å². The summed E-state index contributed by atoms with van der Waals surface area (Å²) < 4.78 is 70.2. The molecule has 0 spiro atoms. The number of rotatable bonds is 2. The molecule has 0 radical (unpaired) electrons. The second-order valence-electron chi connectivity index (χ2n) is 5.63. The molecule has 4 rings (SSSR count).